The molecule has 0 bridgehead atoms. The average Bonchev–Trinajstić information content (AvgIpc) is 2.56. The van der Waals surface area contributed by atoms with Gasteiger partial charge in [-0.2, -0.15) is 4.31 Å². The summed E-state index contributed by atoms with van der Waals surface area (Å²) in [5, 5.41) is 0.272. The Morgan fingerprint density at radius 2 is 1.52 bits per heavy atom. The summed E-state index contributed by atoms with van der Waals surface area (Å²) in [6.07, 6.45) is 0. The number of benzene rings is 2. The van der Waals surface area contributed by atoms with Crippen LogP contribution in [0.1, 0.15) is 5.56 Å². The lowest BCUT2D eigenvalue weighted by Gasteiger charge is -2.35. The molecule has 23 heavy (non-hydrogen) atoms. The van der Waals surface area contributed by atoms with Crippen LogP contribution < -0.4 is 4.90 Å². The topological polar surface area (TPSA) is 40.6 Å². The smallest absolute Gasteiger partial charge is 0.244 e. The molecule has 6 heteroatoms. The van der Waals surface area contributed by atoms with E-state index in [0.717, 1.165) is 5.69 Å². The minimum atomic E-state index is -3.53. The van der Waals surface area contributed by atoms with Crippen molar-refractivity contribution in [2.24, 2.45) is 0 Å². The van der Waals surface area contributed by atoms with Gasteiger partial charge in [0, 0.05) is 31.9 Å². The largest absolute Gasteiger partial charge is 0.369 e. The number of aryl methyl sites for hydroxylation is 1. The third-order valence-electron chi connectivity index (χ3n) is 4.09. The lowest BCUT2D eigenvalue weighted by Crippen LogP contribution is -2.48. The predicted octanol–water partition coefficient (Wildman–Crippen LogP) is 3.16. The Bertz CT molecular complexity index is 782. The Kier molecular flexibility index (Phi) is 4.62. The minimum Gasteiger partial charge on any atom is -0.369 e. The number of hydrogen-bond acceptors (Lipinski definition) is 3. The highest BCUT2D eigenvalue weighted by molar-refractivity contribution is 7.89. The van der Waals surface area contributed by atoms with Gasteiger partial charge in [-0.3, -0.25) is 0 Å². The monoisotopic (exact) mass is 350 g/mol. The summed E-state index contributed by atoms with van der Waals surface area (Å²) in [7, 11) is -3.53. The summed E-state index contributed by atoms with van der Waals surface area (Å²) in [4.78, 5) is 2.39. The Morgan fingerprint density at radius 1 is 0.913 bits per heavy atom. The highest BCUT2D eigenvalue weighted by Crippen LogP contribution is 2.26. The fourth-order valence-corrected chi connectivity index (χ4v) is 4.65. The third-order valence-corrected chi connectivity index (χ3v) is 6.49. The molecule has 0 aromatic heterocycles. The summed E-state index contributed by atoms with van der Waals surface area (Å²) in [6, 6.07) is 14.9. The quantitative estimate of drug-likeness (QED) is 0.853. The van der Waals surface area contributed by atoms with E-state index in [2.05, 4.69) is 36.1 Å². The maximum absolute atomic E-state index is 12.7. The molecule has 0 atom stereocenters. The van der Waals surface area contributed by atoms with Gasteiger partial charge in [-0.1, -0.05) is 41.4 Å². The van der Waals surface area contributed by atoms with Crippen molar-refractivity contribution in [3.63, 3.8) is 0 Å². The number of sulfonamides is 1. The number of halogens is 1. The molecule has 1 heterocycles. The van der Waals surface area contributed by atoms with E-state index in [4.69, 9.17) is 11.6 Å². The van der Waals surface area contributed by atoms with Crippen LogP contribution in [0.15, 0.2) is 53.4 Å². The van der Waals surface area contributed by atoms with Crippen LogP contribution in [0.4, 0.5) is 5.69 Å². The molecule has 4 nitrogen and oxygen atoms in total. The van der Waals surface area contributed by atoms with Crippen LogP contribution in [0.2, 0.25) is 5.02 Å². The molecule has 0 aliphatic carbocycles. The maximum Gasteiger partial charge on any atom is 0.244 e. The number of piperazine rings is 1. The van der Waals surface area contributed by atoms with E-state index in [-0.39, 0.29) is 9.92 Å². The zero-order valence-corrected chi connectivity index (χ0v) is 14.5. The summed E-state index contributed by atoms with van der Waals surface area (Å²) in [5.41, 5.74) is 2.35. The fourth-order valence-electron chi connectivity index (χ4n) is 2.74. The van der Waals surface area contributed by atoms with E-state index in [0.29, 0.717) is 26.2 Å². The van der Waals surface area contributed by atoms with E-state index >= 15 is 0 Å². The molecule has 1 aliphatic rings. The molecule has 0 spiro atoms. The van der Waals surface area contributed by atoms with Crippen LogP contribution in [-0.4, -0.2) is 38.9 Å². The normalized spacial score (nSPS) is 16.5. The van der Waals surface area contributed by atoms with Gasteiger partial charge in [0.1, 0.15) is 4.90 Å². The molecule has 1 aliphatic heterocycles. The van der Waals surface area contributed by atoms with Gasteiger partial charge in [0.2, 0.25) is 10.0 Å². The Hall–Kier alpha value is -1.56. The van der Waals surface area contributed by atoms with Gasteiger partial charge in [-0.25, -0.2) is 8.42 Å². The maximum atomic E-state index is 12.7. The van der Waals surface area contributed by atoms with Gasteiger partial charge in [0.15, 0.2) is 0 Å². The molecule has 1 saturated heterocycles. The lowest BCUT2D eigenvalue weighted by atomic mass is 10.2. The molecule has 0 unspecified atom stereocenters. The van der Waals surface area contributed by atoms with Gasteiger partial charge >= 0.3 is 0 Å². The minimum absolute atomic E-state index is 0.186. The molecule has 3 rings (SSSR count). The molecule has 2 aromatic rings. The van der Waals surface area contributed by atoms with Gasteiger partial charge in [0.05, 0.1) is 5.02 Å². The van der Waals surface area contributed by atoms with E-state index in [1.165, 1.54) is 9.87 Å². The van der Waals surface area contributed by atoms with E-state index in [1.54, 1.807) is 24.3 Å². The van der Waals surface area contributed by atoms with Crippen molar-refractivity contribution >= 4 is 27.3 Å². The molecule has 122 valence electrons. The summed E-state index contributed by atoms with van der Waals surface area (Å²) < 4.78 is 27.0. The average molecular weight is 351 g/mol. The van der Waals surface area contributed by atoms with Crippen LogP contribution in [0.3, 0.4) is 0 Å². The molecule has 0 amide bonds. The second kappa shape index (κ2) is 6.51. The second-order valence-electron chi connectivity index (χ2n) is 5.66. The lowest BCUT2D eigenvalue weighted by molar-refractivity contribution is 0.385. The van der Waals surface area contributed by atoms with Crippen molar-refractivity contribution in [3.05, 3.63) is 59.1 Å². The van der Waals surface area contributed by atoms with Crippen molar-refractivity contribution in [2.75, 3.05) is 31.1 Å². The van der Waals surface area contributed by atoms with Crippen LogP contribution in [-0.2, 0) is 10.0 Å². The molecule has 0 N–H and O–H groups in total. The Labute approximate surface area is 142 Å². The van der Waals surface area contributed by atoms with Crippen molar-refractivity contribution < 1.29 is 8.42 Å². The first-order valence-electron chi connectivity index (χ1n) is 7.55. The van der Waals surface area contributed by atoms with Gasteiger partial charge in [-0.05, 0) is 31.2 Å². The molecule has 2 aromatic carbocycles. The predicted molar refractivity (Wildman–Crippen MR) is 93.6 cm³/mol. The van der Waals surface area contributed by atoms with E-state index in [1.807, 2.05) is 0 Å². The Morgan fingerprint density at radius 3 is 2.13 bits per heavy atom. The Balaban J connectivity index is 1.74. The van der Waals surface area contributed by atoms with Gasteiger partial charge in [0.25, 0.3) is 0 Å². The second-order valence-corrected chi connectivity index (χ2v) is 7.97. The molecule has 0 radical (unpaired) electrons. The van der Waals surface area contributed by atoms with Crippen molar-refractivity contribution in [1.82, 2.24) is 4.31 Å². The highest BCUT2D eigenvalue weighted by Gasteiger charge is 2.29. The first kappa shape index (κ1) is 16.3. The third kappa shape index (κ3) is 3.37. The van der Waals surface area contributed by atoms with Gasteiger partial charge in [-0.15, -0.1) is 0 Å². The number of rotatable bonds is 3. The van der Waals surface area contributed by atoms with E-state index in [9.17, 15) is 8.42 Å². The first-order chi connectivity index (χ1) is 11.0. The zero-order chi connectivity index (χ0) is 16.4. The van der Waals surface area contributed by atoms with Crippen LogP contribution in [0, 0.1) is 6.92 Å². The molecular weight excluding hydrogens is 332 g/mol. The summed E-state index contributed by atoms with van der Waals surface area (Å²) >= 11 is 6.05. The highest BCUT2D eigenvalue weighted by atomic mass is 35.5. The van der Waals surface area contributed by atoms with E-state index < -0.39 is 10.0 Å². The molecule has 0 saturated carbocycles. The zero-order valence-electron chi connectivity index (χ0n) is 12.9. The number of hydrogen-bond donors (Lipinski definition) is 0. The first-order valence-corrected chi connectivity index (χ1v) is 9.36. The summed E-state index contributed by atoms with van der Waals surface area (Å²) in [5.74, 6) is 0. The van der Waals surface area contributed by atoms with Crippen LogP contribution in [0.25, 0.3) is 0 Å². The van der Waals surface area contributed by atoms with Crippen molar-refractivity contribution in [1.29, 1.82) is 0 Å². The van der Waals surface area contributed by atoms with Crippen molar-refractivity contribution in [2.45, 2.75) is 11.8 Å². The molecule has 1 fully saturated rings. The fraction of sp³-hybridized carbons (Fsp3) is 0.294. The molecular formula is C17H19ClN2O2S. The number of anilines is 1. The SMILES string of the molecule is Cc1ccc(N2CCN(S(=O)(=O)c3ccccc3Cl)CC2)cc1. The standard InChI is InChI=1S/C17H19ClN2O2S/c1-14-6-8-15(9-7-14)19-10-12-20(13-11-19)23(21,22)17-5-3-2-4-16(17)18/h2-9H,10-13H2,1H3. The van der Waals surface area contributed by atoms with Gasteiger partial charge < -0.3 is 4.90 Å². The number of nitrogens with zero attached hydrogens (tertiary/aromatic N) is 2. The summed E-state index contributed by atoms with van der Waals surface area (Å²) in [6.45, 7) is 4.32. The van der Waals surface area contributed by atoms with Crippen molar-refractivity contribution in [3.8, 4) is 0 Å². The van der Waals surface area contributed by atoms with Crippen LogP contribution in [0.5, 0.6) is 0 Å². The van der Waals surface area contributed by atoms with Crippen LogP contribution >= 0.6 is 11.6 Å².